The lowest BCUT2D eigenvalue weighted by Crippen LogP contribution is -2.31. The van der Waals surface area contributed by atoms with Crippen LogP contribution in [0.5, 0.6) is 0 Å². The number of fused-ring (bicyclic) bond motifs is 1. The first-order chi connectivity index (χ1) is 13.7. The Morgan fingerprint density at radius 3 is 2.61 bits per heavy atom. The Morgan fingerprint density at radius 2 is 1.82 bits per heavy atom. The van der Waals surface area contributed by atoms with Gasteiger partial charge in [-0.1, -0.05) is 36.4 Å². The molecule has 0 aliphatic carbocycles. The number of thiazole rings is 2. The number of nitrogens with zero attached hydrogens (tertiary/aromatic N) is 2. The van der Waals surface area contributed by atoms with E-state index in [-0.39, 0.29) is 31.1 Å². The quantitative estimate of drug-likeness (QED) is 0.504. The molecule has 0 saturated heterocycles. The zero-order valence-electron chi connectivity index (χ0n) is 14.9. The summed E-state index contributed by atoms with van der Waals surface area (Å²) in [7, 11) is 0. The summed E-state index contributed by atoms with van der Waals surface area (Å²) >= 11 is 2.94. The molecule has 0 unspecified atom stereocenters. The van der Waals surface area contributed by atoms with Crippen molar-refractivity contribution >= 4 is 44.6 Å². The molecule has 4 aromatic rings. The van der Waals surface area contributed by atoms with Gasteiger partial charge in [-0.15, -0.1) is 22.7 Å². The summed E-state index contributed by atoms with van der Waals surface area (Å²) < 4.78 is 1.05. The Bertz CT molecular complexity index is 1110. The van der Waals surface area contributed by atoms with Crippen molar-refractivity contribution in [1.29, 1.82) is 0 Å². The predicted molar refractivity (Wildman–Crippen MR) is 113 cm³/mol. The number of Topliss-reactive ketones (excluding diaryl/α,β-unsaturated/α-hetero) is 1. The molecule has 0 saturated carbocycles. The van der Waals surface area contributed by atoms with Crippen molar-refractivity contribution in [3.63, 3.8) is 0 Å². The van der Waals surface area contributed by atoms with Crippen molar-refractivity contribution in [2.75, 3.05) is 6.54 Å². The summed E-state index contributed by atoms with van der Waals surface area (Å²) in [6, 6.07) is 16.3. The van der Waals surface area contributed by atoms with Gasteiger partial charge in [-0.2, -0.15) is 0 Å². The van der Waals surface area contributed by atoms with Crippen molar-refractivity contribution in [2.24, 2.45) is 0 Å². The fourth-order valence-electron chi connectivity index (χ4n) is 2.83. The topological polar surface area (TPSA) is 72.0 Å². The van der Waals surface area contributed by atoms with Gasteiger partial charge in [0.25, 0.3) is 0 Å². The summed E-state index contributed by atoms with van der Waals surface area (Å²) in [6.07, 6.45) is 2.09. The van der Waals surface area contributed by atoms with Crippen molar-refractivity contribution < 1.29 is 9.59 Å². The van der Waals surface area contributed by atoms with E-state index in [1.54, 1.807) is 6.20 Å². The Balaban J connectivity index is 1.37. The number of hydrogen-bond acceptors (Lipinski definition) is 6. The zero-order valence-corrected chi connectivity index (χ0v) is 16.6. The molecular weight excluding hydrogens is 390 g/mol. The molecule has 0 aliphatic rings. The molecule has 0 aliphatic heterocycles. The van der Waals surface area contributed by atoms with Gasteiger partial charge in [-0.3, -0.25) is 9.59 Å². The predicted octanol–water partition coefficient (Wildman–Crippen LogP) is 3.89. The highest BCUT2D eigenvalue weighted by molar-refractivity contribution is 7.18. The maximum atomic E-state index is 12.2. The molecule has 28 heavy (non-hydrogen) atoms. The third kappa shape index (κ3) is 4.49. The Kier molecular flexibility index (Phi) is 5.55. The van der Waals surface area contributed by atoms with Gasteiger partial charge in [-0.25, -0.2) is 9.97 Å². The largest absolute Gasteiger partial charge is 0.349 e. The van der Waals surface area contributed by atoms with E-state index in [2.05, 4.69) is 33.5 Å². The molecule has 2 heterocycles. The van der Waals surface area contributed by atoms with Crippen LogP contribution in [-0.2, 0) is 22.4 Å². The van der Waals surface area contributed by atoms with Crippen LogP contribution in [0, 0.1) is 0 Å². The van der Waals surface area contributed by atoms with Gasteiger partial charge in [0.1, 0.15) is 5.01 Å². The fraction of sp³-hybridized carbons (Fsp3) is 0.143. The van der Waals surface area contributed by atoms with Crippen molar-refractivity contribution in [2.45, 2.75) is 12.8 Å². The van der Waals surface area contributed by atoms with Crippen LogP contribution in [-0.4, -0.2) is 28.2 Å². The van der Waals surface area contributed by atoms with E-state index in [9.17, 15) is 9.59 Å². The third-order valence-electron chi connectivity index (χ3n) is 4.17. The highest BCUT2D eigenvalue weighted by Crippen LogP contribution is 2.28. The Morgan fingerprint density at radius 1 is 0.964 bits per heavy atom. The number of hydrogen-bond donors (Lipinski definition) is 1. The van der Waals surface area contributed by atoms with Crippen molar-refractivity contribution in [3.05, 3.63) is 70.1 Å². The second kappa shape index (κ2) is 8.41. The molecular formula is C21H17N3O2S2. The Labute approximate surface area is 170 Å². The molecule has 1 amide bonds. The first-order valence-corrected chi connectivity index (χ1v) is 10.5. The van der Waals surface area contributed by atoms with E-state index in [0.29, 0.717) is 0 Å². The van der Waals surface area contributed by atoms with Crippen LogP contribution in [0.2, 0.25) is 0 Å². The number of carbonyl (C=O) groups excluding carboxylic acids is 2. The molecule has 140 valence electrons. The highest BCUT2D eigenvalue weighted by Gasteiger charge is 2.12. The normalized spacial score (nSPS) is 10.9. The van der Waals surface area contributed by atoms with Crippen LogP contribution >= 0.6 is 22.7 Å². The molecule has 1 N–H and O–H groups in total. The van der Waals surface area contributed by atoms with Gasteiger partial charge in [-0.05, 0) is 23.3 Å². The van der Waals surface area contributed by atoms with Crippen molar-refractivity contribution in [1.82, 2.24) is 15.3 Å². The van der Waals surface area contributed by atoms with E-state index in [1.807, 2.05) is 35.7 Å². The molecule has 2 aromatic heterocycles. The van der Waals surface area contributed by atoms with Gasteiger partial charge in [0, 0.05) is 11.6 Å². The number of ketones is 1. The van der Waals surface area contributed by atoms with Crippen LogP contribution < -0.4 is 5.32 Å². The summed E-state index contributed by atoms with van der Waals surface area (Å²) in [5, 5.41) is 6.02. The molecule has 0 atom stereocenters. The van der Waals surface area contributed by atoms with Gasteiger partial charge in [0.15, 0.2) is 5.78 Å². The average Bonchev–Trinajstić information content (AvgIpc) is 3.35. The number of aromatic nitrogens is 2. The van der Waals surface area contributed by atoms with Crippen LogP contribution in [0.25, 0.3) is 21.3 Å². The van der Waals surface area contributed by atoms with Crippen LogP contribution in [0.15, 0.2) is 60.1 Å². The van der Waals surface area contributed by atoms with Gasteiger partial charge >= 0.3 is 0 Å². The molecule has 4 rings (SSSR count). The molecule has 0 radical (unpaired) electrons. The standard InChI is InChI=1S/C21H17N3O2S2/c25-16(11-20-22-8-9-27-20)13-23-19(26)12-21-24-17-7-6-15(10-18(17)28-21)14-4-2-1-3-5-14/h1-10H,11-13H2,(H,23,26). The number of nitrogens with one attached hydrogen (secondary N) is 1. The van der Waals surface area contributed by atoms with Gasteiger partial charge in [0.05, 0.1) is 34.6 Å². The number of rotatable bonds is 7. The molecule has 2 aromatic carbocycles. The lowest BCUT2D eigenvalue weighted by Gasteiger charge is -2.02. The monoisotopic (exact) mass is 407 g/mol. The minimum atomic E-state index is -0.199. The lowest BCUT2D eigenvalue weighted by atomic mass is 10.1. The minimum Gasteiger partial charge on any atom is -0.349 e. The SMILES string of the molecule is O=C(CNC(=O)Cc1nc2ccc(-c3ccccc3)cc2s1)Cc1nccs1. The molecule has 7 heteroatoms. The fourth-order valence-corrected chi connectivity index (χ4v) is 4.48. The summed E-state index contributed by atoms with van der Waals surface area (Å²) in [6.45, 7) is 0.0153. The smallest absolute Gasteiger partial charge is 0.227 e. The van der Waals surface area contributed by atoms with Gasteiger partial charge < -0.3 is 5.32 Å². The second-order valence-corrected chi connectivity index (χ2v) is 8.35. The highest BCUT2D eigenvalue weighted by atomic mass is 32.1. The van der Waals surface area contributed by atoms with E-state index < -0.39 is 0 Å². The second-order valence-electron chi connectivity index (χ2n) is 6.25. The van der Waals surface area contributed by atoms with E-state index in [4.69, 9.17) is 0 Å². The zero-order chi connectivity index (χ0) is 19.3. The van der Waals surface area contributed by atoms with Crippen molar-refractivity contribution in [3.8, 4) is 11.1 Å². The minimum absolute atomic E-state index is 0.0153. The molecule has 0 bridgehead atoms. The van der Waals surface area contributed by atoms with E-state index in [0.717, 1.165) is 31.4 Å². The molecule has 5 nitrogen and oxygen atoms in total. The van der Waals surface area contributed by atoms with Crippen LogP contribution in [0.4, 0.5) is 0 Å². The summed E-state index contributed by atoms with van der Waals surface area (Å²) in [5.74, 6) is -0.255. The summed E-state index contributed by atoms with van der Waals surface area (Å²) in [4.78, 5) is 32.7. The first kappa shape index (κ1) is 18.5. The van der Waals surface area contributed by atoms with Crippen LogP contribution in [0.1, 0.15) is 10.0 Å². The number of amides is 1. The molecule has 0 fully saturated rings. The summed E-state index contributed by atoms with van der Waals surface area (Å²) in [5.41, 5.74) is 3.16. The third-order valence-corrected chi connectivity index (χ3v) is 5.96. The van der Waals surface area contributed by atoms with Gasteiger partial charge in [0.2, 0.25) is 5.91 Å². The van der Waals surface area contributed by atoms with E-state index >= 15 is 0 Å². The van der Waals surface area contributed by atoms with E-state index in [1.165, 1.54) is 22.7 Å². The number of carbonyl (C=O) groups is 2. The Hall–Kier alpha value is -2.90. The van der Waals surface area contributed by atoms with Crippen LogP contribution in [0.3, 0.4) is 0 Å². The molecule has 0 spiro atoms. The first-order valence-electron chi connectivity index (χ1n) is 8.79. The maximum absolute atomic E-state index is 12.2. The number of benzene rings is 2. The lowest BCUT2D eigenvalue weighted by molar-refractivity contribution is -0.124. The maximum Gasteiger partial charge on any atom is 0.227 e. The average molecular weight is 408 g/mol.